The highest BCUT2D eigenvalue weighted by Gasteiger charge is 2.26. The lowest BCUT2D eigenvalue weighted by Crippen LogP contribution is -2.22. The summed E-state index contributed by atoms with van der Waals surface area (Å²) in [6, 6.07) is 39.5. The van der Waals surface area contributed by atoms with Crippen molar-refractivity contribution < 1.29 is 0 Å². The Morgan fingerprint density at radius 1 is 0.600 bits per heavy atom. The van der Waals surface area contributed by atoms with Crippen LogP contribution in [0.25, 0.3) is 22.2 Å². The van der Waals surface area contributed by atoms with E-state index in [0.29, 0.717) is 0 Å². The Hall–Kier alpha value is -3.15. The molecule has 146 valence electrons. The van der Waals surface area contributed by atoms with Gasteiger partial charge in [0.05, 0.1) is 5.69 Å². The van der Waals surface area contributed by atoms with Crippen LogP contribution in [0.3, 0.4) is 0 Å². The Kier molecular flexibility index (Phi) is 4.99. The zero-order chi connectivity index (χ0) is 20.5. The first-order valence-electron chi connectivity index (χ1n) is 10.3. The van der Waals surface area contributed by atoms with Crippen molar-refractivity contribution in [3.8, 4) is 11.3 Å². The monoisotopic (exact) mass is 405 g/mol. The van der Waals surface area contributed by atoms with E-state index < -0.39 is 7.92 Å². The molecule has 0 unspecified atom stereocenters. The van der Waals surface area contributed by atoms with E-state index in [4.69, 9.17) is 0 Å². The van der Waals surface area contributed by atoms with Crippen molar-refractivity contribution in [2.45, 2.75) is 6.92 Å². The van der Waals surface area contributed by atoms with Crippen LogP contribution in [0.2, 0.25) is 0 Å². The Bertz CT molecular complexity index is 1260. The van der Waals surface area contributed by atoms with E-state index in [9.17, 15) is 0 Å². The molecule has 5 aromatic rings. The number of nitrogens with zero attached hydrogens (tertiary/aromatic N) is 1. The molecule has 0 aliphatic rings. The summed E-state index contributed by atoms with van der Waals surface area (Å²) in [5, 5.41) is 5.54. The summed E-state index contributed by atoms with van der Waals surface area (Å²) >= 11 is 0. The van der Waals surface area contributed by atoms with Gasteiger partial charge in [0.1, 0.15) is 0 Å². The molecular formula is C28H24NP. The summed E-state index contributed by atoms with van der Waals surface area (Å²) in [5.74, 6) is 0. The zero-order valence-corrected chi connectivity index (χ0v) is 18.2. The molecule has 1 aromatic heterocycles. The van der Waals surface area contributed by atoms with Crippen LogP contribution in [-0.2, 0) is 7.05 Å². The molecule has 2 heteroatoms. The summed E-state index contributed by atoms with van der Waals surface area (Å²) in [6.07, 6.45) is 0. The maximum Gasteiger partial charge on any atom is 0.0576 e. The minimum atomic E-state index is -0.703. The maximum absolute atomic E-state index is 2.38. The van der Waals surface area contributed by atoms with Gasteiger partial charge in [-0.2, -0.15) is 0 Å². The second kappa shape index (κ2) is 7.94. The zero-order valence-electron chi connectivity index (χ0n) is 17.3. The fourth-order valence-corrected chi connectivity index (χ4v) is 6.98. The van der Waals surface area contributed by atoms with Crippen molar-refractivity contribution in [2.24, 2.45) is 7.05 Å². The fourth-order valence-electron chi connectivity index (χ4n) is 4.31. The Morgan fingerprint density at radius 2 is 1.13 bits per heavy atom. The van der Waals surface area contributed by atoms with E-state index in [-0.39, 0.29) is 0 Å². The van der Waals surface area contributed by atoms with Crippen LogP contribution in [0.4, 0.5) is 0 Å². The molecule has 0 amide bonds. The van der Waals surface area contributed by atoms with Crippen LogP contribution in [0, 0.1) is 6.92 Å². The average molecular weight is 405 g/mol. The van der Waals surface area contributed by atoms with E-state index in [1.807, 2.05) is 0 Å². The number of fused-ring (bicyclic) bond motifs is 1. The fraction of sp³-hybridized carbons (Fsp3) is 0.0714. The number of hydrogen-bond acceptors (Lipinski definition) is 0. The largest absolute Gasteiger partial charge is 0.343 e. The van der Waals surface area contributed by atoms with Crippen molar-refractivity contribution in [3.63, 3.8) is 0 Å². The summed E-state index contributed by atoms with van der Waals surface area (Å²) in [6.45, 7) is 2.21. The molecule has 0 saturated carbocycles. The van der Waals surface area contributed by atoms with Crippen LogP contribution in [-0.4, -0.2) is 4.57 Å². The van der Waals surface area contributed by atoms with Crippen LogP contribution in [0.5, 0.6) is 0 Å². The van der Waals surface area contributed by atoms with Crippen LogP contribution in [0.15, 0.2) is 109 Å². The smallest absolute Gasteiger partial charge is 0.0576 e. The molecule has 4 aromatic carbocycles. The Balaban J connectivity index is 1.91. The SMILES string of the molecule is Cc1ccccc1-c1c(P(c2ccccc2)c2ccccc2)c2ccccc2n1C. The highest BCUT2D eigenvalue weighted by atomic mass is 31.1. The quantitative estimate of drug-likeness (QED) is 0.328. The first kappa shape index (κ1) is 18.9. The minimum absolute atomic E-state index is 0.703. The van der Waals surface area contributed by atoms with Crippen LogP contribution >= 0.6 is 7.92 Å². The predicted molar refractivity (Wildman–Crippen MR) is 132 cm³/mol. The van der Waals surface area contributed by atoms with Gasteiger partial charge in [-0.25, -0.2) is 0 Å². The molecule has 1 heterocycles. The van der Waals surface area contributed by atoms with Gasteiger partial charge < -0.3 is 4.57 Å². The average Bonchev–Trinajstić information content (AvgIpc) is 3.08. The predicted octanol–water partition coefficient (Wildman–Crippen LogP) is 5.91. The molecule has 0 spiro atoms. The van der Waals surface area contributed by atoms with Crippen molar-refractivity contribution in [2.75, 3.05) is 0 Å². The van der Waals surface area contributed by atoms with Crippen LogP contribution in [0.1, 0.15) is 5.56 Å². The molecule has 30 heavy (non-hydrogen) atoms. The van der Waals surface area contributed by atoms with Crippen molar-refractivity contribution in [3.05, 3.63) is 115 Å². The van der Waals surface area contributed by atoms with Gasteiger partial charge in [0.25, 0.3) is 0 Å². The maximum atomic E-state index is 2.38. The Labute approximate surface area is 179 Å². The lowest BCUT2D eigenvalue weighted by atomic mass is 10.1. The van der Waals surface area contributed by atoms with Crippen LogP contribution < -0.4 is 15.9 Å². The summed E-state index contributed by atoms with van der Waals surface area (Å²) < 4.78 is 2.38. The minimum Gasteiger partial charge on any atom is -0.343 e. The van der Waals surface area contributed by atoms with Gasteiger partial charge in [0.2, 0.25) is 0 Å². The molecule has 5 rings (SSSR count). The molecule has 1 nitrogen and oxygen atoms in total. The molecule has 0 aliphatic heterocycles. The third-order valence-electron chi connectivity index (χ3n) is 5.73. The molecule has 0 N–H and O–H groups in total. The number of aryl methyl sites for hydroxylation is 2. The van der Waals surface area contributed by atoms with Crippen molar-refractivity contribution in [1.29, 1.82) is 0 Å². The van der Waals surface area contributed by atoms with Gasteiger partial charge in [-0.05, 0) is 37.1 Å². The molecule has 0 bridgehead atoms. The molecule has 0 radical (unpaired) electrons. The van der Waals surface area contributed by atoms with Crippen molar-refractivity contribution in [1.82, 2.24) is 4.57 Å². The number of benzene rings is 4. The summed E-state index contributed by atoms with van der Waals surface area (Å²) in [4.78, 5) is 0. The molecular weight excluding hydrogens is 381 g/mol. The second-order valence-corrected chi connectivity index (χ2v) is 9.75. The molecule has 0 atom stereocenters. The number of aromatic nitrogens is 1. The molecule has 0 aliphatic carbocycles. The highest BCUT2D eigenvalue weighted by Crippen LogP contribution is 2.42. The van der Waals surface area contributed by atoms with Gasteiger partial charge in [-0.15, -0.1) is 0 Å². The summed E-state index contributed by atoms with van der Waals surface area (Å²) in [5.41, 5.74) is 5.23. The van der Waals surface area contributed by atoms with Gasteiger partial charge in [0.15, 0.2) is 0 Å². The lowest BCUT2D eigenvalue weighted by molar-refractivity contribution is 0.979. The normalized spacial score (nSPS) is 11.3. The number of para-hydroxylation sites is 1. The molecule has 0 saturated heterocycles. The third kappa shape index (κ3) is 3.16. The van der Waals surface area contributed by atoms with E-state index in [1.54, 1.807) is 0 Å². The number of rotatable bonds is 4. The lowest BCUT2D eigenvalue weighted by Gasteiger charge is -2.22. The van der Waals surface area contributed by atoms with E-state index in [0.717, 1.165) is 0 Å². The topological polar surface area (TPSA) is 4.93 Å². The standard InChI is InChI=1S/C28H24NP/c1-21-13-9-10-18-24(21)27-28(25-19-11-12-20-26(25)29(27)2)30(22-14-5-3-6-15-22)23-16-7-4-8-17-23/h3-20H,1-2H3. The van der Waals surface area contributed by atoms with Gasteiger partial charge in [-0.1, -0.05) is 103 Å². The van der Waals surface area contributed by atoms with Crippen molar-refractivity contribution >= 4 is 34.7 Å². The third-order valence-corrected chi connectivity index (χ3v) is 8.26. The highest BCUT2D eigenvalue weighted by molar-refractivity contribution is 7.80. The van der Waals surface area contributed by atoms with E-state index >= 15 is 0 Å². The summed E-state index contributed by atoms with van der Waals surface area (Å²) in [7, 11) is 1.50. The van der Waals surface area contributed by atoms with Gasteiger partial charge >= 0.3 is 0 Å². The Morgan fingerprint density at radius 3 is 1.77 bits per heavy atom. The molecule has 0 fully saturated rings. The van der Waals surface area contributed by atoms with Gasteiger partial charge in [0, 0.05) is 28.8 Å². The van der Waals surface area contributed by atoms with E-state index in [1.165, 1.54) is 43.6 Å². The second-order valence-electron chi connectivity index (χ2n) is 7.59. The number of hydrogen-bond donors (Lipinski definition) is 0. The first-order chi connectivity index (χ1) is 14.8. The van der Waals surface area contributed by atoms with E-state index in [2.05, 4.69) is 128 Å². The van der Waals surface area contributed by atoms with Gasteiger partial charge in [-0.3, -0.25) is 0 Å². The first-order valence-corrected chi connectivity index (χ1v) is 11.6.